The molecule has 0 N–H and O–H groups in total. The van der Waals surface area contributed by atoms with Crippen LogP contribution in [0.2, 0.25) is 0 Å². The molecule has 2 aromatic rings. The van der Waals surface area contributed by atoms with Crippen LogP contribution in [0.25, 0.3) is 10.8 Å². The highest BCUT2D eigenvalue weighted by Gasteiger charge is 2.23. The van der Waals surface area contributed by atoms with E-state index in [1.54, 1.807) is 0 Å². The van der Waals surface area contributed by atoms with Crippen molar-refractivity contribution >= 4 is 10.8 Å². The lowest BCUT2D eigenvalue weighted by Crippen LogP contribution is -1.95. The molecule has 0 saturated heterocycles. The Morgan fingerprint density at radius 2 is 1.71 bits per heavy atom. The second-order valence-corrected chi connectivity index (χ2v) is 3.83. The predicted octanol–water partition coefficient (Wildman–Crippen LogP) is 3.38. The summed E-state index contributed by atoms with van der Waals surface area (Å²) in [4.78, 5) is 0. The average Bonchev–Trinajstić information content (AvgIpc) is 3.02. The molecule has 1 aliphatic carbocycles. The molecule has 0 spiro atoms. The number of fused-ring (bicyclic) bond motifs is 1. The lowest BCUT2D eigenvalue weighted by Gasteiger charge is -2.05. The van der Waals surface area contributed by atoms with E-state index in [2.05, 4.69) is 42.5 Å². The van der Waals surface area contributed by atoms with Crippen LogP contribution in [0, 0.1) is 0 Å². The summed E-state index contributed by atoms with van der Waals surface area (Å²) < 4.78 is 5.73. The summed E-state index contributed by atoms with van der Waals surface area (Å²) >= 11 is 0. The van der Waals surface area contributed by atoms with Gasteiger partial charge < -0.3 is 4.74 Å². The van der Waals surface area contributed by atoms with Gasteiger partial charge in [0.25, 0.3) is 0 Å². The van der Waals surface area contributed by atoms with E-state index >= 15 is 0 Å². The van der Waals surface area contributed by atoms with Gasteiger partial charge in [-0.25, -0.2) is 0 Å². The van der Waals surface area contributed by atoms with Crippen molar-refractivity contribution in [3.05, 3.63) is 42.5 Å². The van der Waals surface area contributed by atoms with Gasteiger partial charge in [0, 0.05) is 0 Å². The monoisotopic (exact) mass is 184 g/mol. The van der Waals surface area contributed by atoms with Crippen LogP contribution in [-0.4, -0.2) is 6.10 Å². The molecule has 0 unspecified atom stereocenters. The number of hydrogen-bond donors (Lipinski definition) is 0. The largest absolute Gasteiger partial charge is 0.490 e. The zero-order valence-electron chi connectivity index (χ0n) is 7.94. The van der Waals surface area contributed by atoms with E-state index in [1.807, 2.05) is 0 Å². The second kappa shape index (κ2) is 3.02. The van der Waals surface area contributed by atoms with Crippen molar-refractivity contribution in [2.24, 2.45) is 0 Å². The quantitative estimate of drug-likeness (QED) is 0.695. The van der Waals surface area contributed by atoms with Crippen molar-refractivity contribution in [2.75, 3.05) is 0 Å². The number of hydrogen-bond acceptors (Lipinski definition) is 1. The van der Waals surface area contributed by atoms with Gasteiger partial charge in [-0.2, -0.15) is 0 Å². The summed E-state index contributed by atoms with van der Waals surface area (Å²) in [6.07, 6.45) is 2.91. The molecule has 1 nitrogen and oxygen atoms in total. The molecule has 1 heteroatoms. The number of rotatable bonds is 2. The number of benzene rings is 2. The van der Waals surface area contributed by atoms with Crippen molar-refractivity contribution in [3.8, 4) is 5.75 Å². The summed E-state index contributed by atoms with van der Waals surface area (Å²) in [5, 5.41) is 2.53. The maximum absolute atomic E-state index is 5.73. The molecule has 70 valence electrons. The molecule has 0 aliphatic heterocycles. The zero-order valence-corrected chi connectivity index (χ0v) is 7.94. The Balaban J connectivity index is 2.01. The highest BCUT2D eigenvalue weighted by molar-refractivity contribution is 5.83. The first kappa shape index (κ1) is 7.86. The Labute approximate surface area is 83.3 Å². The van der Waals surface area contributed by atoms with Crippen molar-refractivity contribution < 1.29 is 4.74 Å². The van der Waals surface area contributed by atoms with Crippen LogP contribution in [0.5, 0.6) is 5.75 Å². The van der Waals surface area contributed by atoms with Gasteiger partial charge >= 0.3 is 0 Å². The number of ether oxygens (including phenoxy) is 1. The van der Waals surface area contributed by atoms with Gasteiger partial charge in [0.05, 0.1) is 6.10 Å². The minimum atomic E-state index is 0.483. The molecule has 1 saturated carbocycles. The molecule has 0 bridgehead atoms. The SMILES string of the molecule is c1ccc2cc(OC3CC3)ccc2c1. The van der Waals surface area contributed by atoms with E-state index in [0.29, 0.717) is 6.10 Å². The first-order valence-corrected chi connectivity index (χ1v) is 5.07. The normalized spacial score (nSPS) is 15.7. The van der Waals surface area contributed by atoms with Gasteiger partial charge in [-0.15, -0.1) is 0 Å². The van der Waals surface area contributed by atoms with Crippen LogP contribution in [0.3, 0.4) is 0 Å². The van der Waals surface area contributed by atoms with Gasteiger partial charge in [0.2, 0.25) is 0 Å². The first-order chi connectivity index (χ1) is 6.92. The van der Waals surface area contributed by atoms with E-state index in [-0.39, 0.29) is 0 Å². The fourth-order valence-electron chi connectivity index (χ4n) is 1.62. The molecule has 0 atom stereocenters. The summed E-state index contributed by atoms with van der Waals surface area (Å²) in [5.74, 6) is 1.01. The third kappa shape index (κ3) is 1.46. The van der Waals surface area contributed by atoms with Gasteiger partial charge in [-0.3, -0.25) is 0 Å². The van der Waals surface area contributed by atoms with Crippen LogP contribution in [-0.2, 0) is 0 Å². The average molecular weight is 184 g/mol. The highest BCUT2D eigenvalue weighted by atomic mass is 16.5. The van der Waals surface area contributed by atoms with Crippen molar-refractivity contribution in [1.29, 1.82) is 0 Å². The van der Waals surface area contributed by atoms with Crippen molar-refractivity contribution in [1.82, 2.24) is 0 Å². The summed E-state index contributed by atoms with van der Waals surface area (Å²) in [5.41, 5.74) is 0. The zero-order chi connectivity index (χ0) is 9.38. The molecule has 0 heterocycles. The third-order valence-electron chi connectivity index (χ3n) is 2.55. The van der Waals surface area contributed by atoms with Crippen LogP contribution in [0.4, 0.5) is 0 Å². The molecule has 0 amide bonds. The van der Waals surface area contributed by atoms with E-state index in [1.165, 1.54) is 23.6 Å². The topological polar surface area (TPSA) is 9.23 Å². The van der Waals surface area contributed by atoms with Crippen molar-refractivity contribution in [2.45, 2.75) is 18.9 Å². The summed E-state index contributed by atoms with van der Waals surface area (Å²) in [6, 6.07) is 14.7. The van der Waals surface area contributed by atoms with Crippen LogP contribution in [0.1, 0.15) is 12.8 Å². The fraction of sp³-hybridized carbons (Fsp3) is 0.231. The van der Waals surface area contributed by atoms with Gasteiger partial charge in [-0.05, 0) is 35.7 Å². The minimum absolute atomic E-state index is 0.483. The Morgan fingerprint density at radius 3 is 2.50 bits per heavy atom. The highest BCUT2D eigenvalue weighted by Crippen LogP contribution is 2.28. The maximum atomic E-state index is 5.73. The summed E-state index contributed by atoms with van der Waals surface area (Å²) in [7, 11) is 0. The molecule has 0 aromatic heterocycles. The van der Waals surface area contributed by atoms with Gasteiger partial charge in [0.1, 0.15) is 5.75 Å². The van der Waals surface area contributed by atoms with Crippen LogP contribution >= 0.6 is 0 Å². The molecule has 1 fully saturated rings. The summed E-state index contributed by atoms with van der Waals surface area (Å²) in [6.45, 7) is 0. The Kier molecular flexibility index (Phi) is 1.69. The van der Waals surface area contributed by atoms with Crippen molar-refractivity contribution in [3.63, 3.8) is 0 Å². The maximum Gasteiger partial charge on any atom is 0.120 e. The molecule has 0 radical (unpaired) electrons. The molecule has 1 aliphatic rings. The first-order valence-electron chi connectivity index (χ1n) is 5.07. The van der Waals surface area contributed by atoms with Gasteiger partial charge in [-0.1, -0.05) is 30.3 Å². The molecular weight excluding hydrogens is 172 g/mol. The van der Waals surface area contributed by atoms with Crippen LogP contribution in [0.15, 0.2) is 42.5 Å². The van der Waals surface area contributed by atoms with Gasteiger partial charge in [0.15, 0.2) is 0 Å². The molecule has 3 rings (SSSR count). The Bertz CT molecular complexity index is 457. The third-order valence-corrected chi connectivity index (χ3v) is 2.55. The van der Waals surface area contributed by atoms with E-state index in [9.17, 15) is 0 Å². The van der Waals surface area contributed by atoms with E-state index in [0.717, 1.165) is 5.75 Å². The predicted molar refractivity (Wildman–Crippen MR) is 57.6 cm³/mol. The Hall–Kier alpha value is -1.50. The van der Waals surface area contributed by atoms with E-state index in [4.69, 9.17) is 4.74 Å². The molecule has 2 aromatic carbocycles. The minimum Gasteiger partial charge on any atom is -0.490 e. The lowest BCUT2D eigenvalue weighted by molar-refractivity contribution is 0.303. The standard InChI is InChI=1S/C13H12O/c1-2-4-11-9-13(14-12-7-8-12)6-5-10(11)3-1/h1-6,9,12H,7-8H2. The van der Waals surface area contributed by atoms with Crippen LogP contribution < -0.4 is 4.74 Å². The smallest absolute Gasteiger partial charge is 0.120 e. The molecular formula is C13H12O. The lowest BCUT2D eigenvalue weighted by atomic mass is 10.1. The second-order valence-electron chi connectivity index (χ2n) is 3.83. The van der Waals surface area contributed by atoms with E-state index < -0.39 is 0 Å². The fourth-order valence-corrected chi connectivity index (χ4v) is 1.62. The Morgan fingerprint density at radius 1 is 0.929 bits per heavy atom. The molecule has 14 heavy (non-hydrogen) atoms.